The normalized spacial score (nSPS) is 11.3. The topological polar surface area (TPSA) is 64.6 Å². The molecule has 0 saturated carbocycles. The zero-order valence-corrected chi connectivity index (χ0v) is 15.3. The lowest BCUT2D eigenvalue weighted by atomic mass is 10.1. The molecule has 2 rings (SSSR count). The van der Waals surface area contributed by atoms with Gasteiger partial charge in [-0.2, -0.15) is 0 Å². The highest BCUT2D eigenvalue weighted by molar-refractivity contribution is 9.10. The second-order valence-corrected chi connectivity index (χ2v) is 7.36. The summed E-state index contributed by atoms with van der Waals surface area (Å²) in [5.74, 6) is 1.27. The molecule has 2 aromatic rings. The summed E-state index contributed by atoms with van der Waals surface area (Å²) in [6.45, 7) is 0.291. The molecule has 0 bridgehead atoms. The Bertz CT molecular complexity index is 777. The van der Waals surface area contributed by atoms with Gasteiger partial charge in [0.15, 0.2) is 11.5 Å². The van der Waals surface area contributed by atoms with Gasteiger partial charge in [0.25, 0.3) is 0 Å². The molecule has 0 radical (unpaired) electrons. The molecule has 0 atom stereocenters. The summed E-state index contributed by atoms with van der Waals surface area (Å²) in [6, 6.07) is 12.2. The zero-order chi connectivity index (χ0) is 16.9. The van der Waals surface area contributed by atoms with Crippen LogP contribution in [0.4, 0.5) is 0 Å². The van der Waals surface area contributed by atoms with Crippen molar-refractivity contribution in [3.8, 4) is 11.5 Å². The van der Waals surface area contributed by atoms with Crippen LogP contribution in [0.15, 0.2) is 51.8 Å². The third-order valence-corrected chi connectivity index (χ3v) is 5.75. The highest BCUT2D eigenvalue weighted by atomic mass is 79.9. The predicted octanol–water partition coefficient (Wildman–Crippen LogP) is 2.99. The fourth-order valence-corrected chi connectivity index (χ4v) is 4.14. The minimum absolute atomic E-state index is 0.229. The number of hydrogen-bond donors (Lipinski definition) is 1. The molecular weight excluding hydrogens is 382 g/mol. The van der Waals surface area contributed by atoms with E-state index < -0.39 is 10.0 Å². The fourth-order valence-electron chi connectivity index (χ4n) is 2.11. The van der Waals surface area contributed by atoms with Crippen molar-refractivity contribution in [2.45, 2.75) is 11.3 Å². The lowest BCUT2D eigenvalue weighted by Gasteiger charge is -2.11. The maximum absolute atomic E-state index is 12.3. The van der Waals surface area contributed by atoms with Crippen LogP contribution in [0.25, 0.3) is 0 Å². The van der Waals surface area contributed by atoms with Crippen LogP contribution in [0.2, 0.25) is 0 Å². The van der Waals surface area contributed by atoms with E-state index in [1.807, 2.05) is 12.1 Å². The van der Waals surface area contributed by atoms with E-state index in [2.05, 4.69) is 20.7 Å². The molecule has 0 fully saturated rings. The van der Waals surface area contributed by atoms with Crippen LogP contribution in [0.5, 0.6) is 11.5 Å². The van der Waals surface area contributed by atoms with Crippen LogP contribution in [-0.4, -0.2) is 29.2 Å². The lowest BCUT2D eigenvalue weighted by molar-refractivity contribution is 0.354. The SMILES string of the molecule is COc1ccc(CCNS(=O)(=O)c2ccccc2Br)cc1OC. The molecule has 0 aliphatic rings. The quantitative estimate of drug-likeness (QED) is 0.776. The van der Waals surface area contributed by atoms with Crippen molar-refractivity contribution in [1.82, 2.24) is 4.72 Å². The number of methoxy groups -OCH3 is 2. The second kappa shape index (κ2) is 7.81. The van der Waals surface area contributed by atoms with E-state index >= 15 is 0 Å². The van der Waals surface area contributed by atoms with Gasteiger partial charge in [0.05, 0.1) is 19.1 Å². The third-order valence-electron chi connectivity index (χ3n) is 3.28. The van der Waals surface area contributed by atoms with Crippen LogP contribution >= 0.6 is 15.9 Å². The van der Waals surface area contributed by atoms with E-state index in [0.717, 1.165) is 5.56 Å². The standard InChI is InChI=1S/C16H18BrNO4S/c1-21-14-8-7-12(11-15(14)22-2)9-10-18-23(19,20)16-6-4-3-5-13(16)17/h3-8,11,18H,9-10H2,1-2H3. The molecule has 23 heavy (non-hydrogen) atoms. The van der Waals surface area contributed by atoms with Gasteiger partial charge < -0.3 is 9.47 Å². The van der Waals surface area contributed by atoms with Gasteiger partial charge in [-0.25, -0.2) is 13.1 Å². The van der Waals surface area contributed by atoms with Crippen LogP contribution < -0.4 is 14.2 Å². The molecule has 0 aliphatic heterocycles. The van der Waals surface area contributed by atoms with E-state index in [9.17, 15) is 8.42 Å². The number of halogens is 1. The Morgan fingerprint density at radius 2 is 1.74 bits per heavy atom. The molecule has 124 valence electrons. The minimum Gasteiger partial charge on any atom is -0.493 e. The second-order valence-electron chi connectivity index (χ2n) is 4.77. The summed E-state index contributed by atoms with van der Waals surface area (Å²) in [5, 5.41) is 0. The van der Waals surface area contributed by atoms with Gasteiger partial charge >= 0.3 is 0 Å². The van der Waals surface area contributed by atoms with Gasteiger partial charge in [0.1, 0.15) is 0 Å². The van der Waals surface area contributed by atoms with Gasteiger partial charge in [-0.1, -0.05) is 18.2 Å². The lowest BCUT2D eigenvalue weighted by Crippen LogP contribution is -2.26. The number of nitrogens with one attached hydrogen (secondary N) is 1. The molecule has 0 spiro atoms. The highest BCUT2D eigenvalue weighted by Gasteiger charge is 2.16. The van der Waals surface area contributed by atoms with Crippen LogP contribution in [0.1, 0.15) is 5.56 Å². The number of sulfonamides is 1. The van der Waals surface area contributed by atoms with Crippen molar-refractivity contribution in [3.63, 3.8) is 0 Å². The summed E-state index contributed by atoms with van der Waals surface area (Å²) >= 11 is 3.25. The molecule has 2 aromatic carbocycles. The molecule has 0 aromatic heterocycles. The molecular formula is C16H18BrNO4S. The van der Waals surface area contributed by atoms with Crippen molar-refractivity contribution in [2.24, 2.45) is 0 Å². The summed E-state index contributed by atoms with van der Waals surface area (Å²) in [6.07, 6.45) is 0.546. The summed E-state index contributed by atoms with van der Waals surface area (Å²) in [7, 11) is -0.403. The van der Waals surface area contributed by atoms with Crippen molar-refractivity contribution < 1.29 is 17.9 Å². The Morgan fingerprint density at radius 1 is 1.04 bits per heavy atom. The predicted molar refractivity (Wildman–Crippen MR) is 92.6 cm³/mol. The Labute approximate surface area is 144 Å². The van der Waals surface area contributed by atoms with Crippen molar-refractivity contribution in [1.29, 1.82) is 0 Å². The summed E-state index contributed by atoms with van der Waals surface area (Å²) in [4.78, 5) is 0.229. The number of ether oxygens (including phenoxy) is 2. The van der Waals surface area contributed by atoms with Crippen molar-refractivity contribution >= 4 is 26.0 Å². The first-order chi connectivity index (χ1) is 11.0. The van der Waals surface area contributed by atoms with Gasteiger partial charge in [0.2, 0.25) is 10.0 Å². The smallest absolute Gasteiger partial charge is 0.241 e. The van der Waals surface area contributed by atoms with Gasteiger partial charge in [-0.15, -0.1) is 0 Å². The van der Waals surface area contributed by atoms with E-state index in [0.29, 0.717) is 28.9 Å². The molecule has 0 heterocycles. The van der Waals surface area contributed by atoms with Gasteiger partial charge in [-0.05, 0) is 52.2 Å². The van der Waals surface area contributed by atoms with Crippen LogP contribution in [-0.2, 0) is 16.4 Å². The van der Waals surface area contributed by atoms with Crippen LogP contribution in [0.3, 0.4) is 0 Å². The zero-order valence-electron chi connectivity index (χ0n) is 12.9. The number of hydrogen-bond acceptors (Lipinski definition) is 4. The average molecular weight is 400 g/mol. The van der Waals surface area contributed by atoms with Crippen LogP contribution in [0, 0.1) is 0 Å². The van der Waals surface area contributed by atoms with Gasteiger partial charge in [-0.3, -0.25) is 0 Å². The Balaban J connectivity index is 2.04. The molecule has 0 aliphatic carbocycles. The Kier molecular flexibility index (Phi) is 6.04. The number of rotatable bonds is 7. The molecule has 0 saturated heterocycles. The largest absolute Gasteiger partial charge is 0.493 e. The molecule has 7 heteroatoms. The summed E-state index contributed by atoms with van der Waals surface area (Å²) in [5.41, 5.74) is 0.956. The van der Waals surface area contributed by atoms with Gasteiger partial charge in [0, 0.05) is 11.0 Å². The maximum Gasteiger partial charge on any atom is 0.241 e. The Hall–Kier alpha value is -1.57. The first-order valence-electron chi connectivity index (χ1n) is 6.93. The average Bonchev–Trinajstić information content (AvgIpc) is 2.54. The monoisotopic (exact) mass is 399 g/mol. The molecule has 0 unspecified atom stereocenters. The molecule has 1 N–H and O–H groups in total. The first kappa shape index (κ1) is 17.8. The Morgan fingerprint density at radius 3 is 2.39 bits per heavy atom. The maximum atomic E-state index is 12.3. The fraction of sp³-hybridized carbons (Fsp3) is 0.250. The first-order valence-corrected chi connectivity index (χ1v) is 9.20. The van der Waals surface area contributed by atoms with E-state index in [-0.39, 0.29) is 4.90 Å². The molecule has 5 nitrogen and oxygen atoms in total. The molecule has 0 amide bonds. The summed E-state index contributed by atoms with van der Waals surface area (Å²) < 4.78 is 38.1. The van der Waals surface area contributed by atoms with Crippen molar-refractivity contribution in [3.05, 3.63) is 52.5 Å². The number of benzene rings is 2. The minimum atomic E-state index is -3.54. The highest BCUT2D eigenvalue weighted by Crippen LogP contribution is 2.27. The van der Waals surface area contributed by atoms with E-state index in [1.54, 1.807) is 44.6 Å². The van der Waals surface area contributed by atoms with Crippen molar-refractivity contribution in [2.75, 3.05) is 20.8 Å². The third kappa shape index (κ3) is 4.46. The van der Waals surface area contributed by atoms with E-state index in [4.69, 9.17) is 9.47 Å². The van der Waals surface area contributed by atoms with E-state index in [1.165, 1.54) is 0 Å².